The Morgan fingerprint density at radius 1 is 1.38 bits per heavy atom. The minimum absolute atomic E-state index is 0.314. The van der Waals surface area contributed by atoms with Crippen LogP contribution in [0.4, 0.5) is 5.13 Å². The predicted molar refractivity (Wildman–Crippen MR) is 88.6 cm³/mol. The van der Waals surface area contributed by atoms with Crippen LogP contribution < -0.4 is 4.90 Å². The largest absolute Gasteiger partial charge is 0.477 e. The Bertz CT molecular complexity index is 636. The first-order valence-electron chi connectivity index (χ1n) is 6.77. The van der Waals surface area contributed by atoms with Gasteiger partial charge in [-0.3, -0.25) is 0 Å². The smallest absolute Gasteiger partial charge is 0.348 e. The number of carboxylic acids is 1. The summed E-state index contributed by atoms with van der Waals surface area (Å²) in [6.45, 7) is 0. The first-order chi connectivity index (χ1) is 10.2. The van der Waals surface area contributed by atoms with Crippen molar-refractivity contribution in [1.29, 1.82) is 0 Å². The van der Waals surface area contributed by atoms with Crippen LogP contribution >= 0.6 is 23.1 Å². The Hall–Kier alpha value is -1.53. The lowest BCUT2D eigenvalue weighted by atomic mass is 10.1. The molecule has 1 aliphatic rings. The third-order valence-electron chi connectivity index (χ3n) is 3.61. The zero-order valence-corrected chi connectivity index (χ0v) is 13.3. The van der Waals surface area contributed by atoms with Gasteiger partial charge in [0.05, 0.1) is 5.69 Å². The maximum absolute atomic E-state index is 11.5. The van der Waals surface area contributed by atoms with Crippen molar-refractivity contribution in [3.05, 3.63) is 35.2 Å². The van der Waals surface area contributed by atoms with Gasteiger partial charge in [-0.1, -0.05) is 41.7 Å². The van der Waals surface area contributed by atoms with Gasteiger partial charge in [-0.05, 0) is 12.2 Å². The van der Waals surface area contributed by atoms with Crippen molar-refractivity contribution >= 4 is 34.2 Å². The molecular formula is C15H16N2O2S2. The Morgan fingerprint density at radius 2 is 2.14 bits per heavy atom. The molecule has 1 aliphatic heterocycles. The van der Waals surface area contributed by atoms with Crippen LogP contribution in [0.2, 0.25) is 0 Å². The number of aromatic carboxylic acids is 1. The molecule has 1 aromatic heterocycles. The van der Waals surface area contributed by atoms with Crippen LogP contribution in [-0.2, 0) is 0 Å². The van der Waals surface area contributed by atoms with Gasteiger partial charge >= 0.3 is 5.97 Å². The van der Waals surface area contributed by atoms with E-state index < -0.39 is 5.97 Å². The van der Waals surface area contributed by atoms with Gasteiger partial charge in [0.25, 0.3) is 0 Å². The van der Waals surface area contributed by atoms with Crippen LogP contribution in [0.5, 0.6) is 0 Å². The van der Waals surface area contributed by atoms with Gasteiger partial charge < -0.3 is 10.0 Å². The van der Waals surface area contributed by atoms with E-state index in [1.165, 1.54) is 11.3 Å². The molecule has 0 radical (unpaired) electrons. The van der Waals surface area contributed by atoms with E-state index in [9.17, 15) is 9.90 Å². The van der Waals surface area contributed by atoms with Gasteiger partial charge in [0.2, 0.25) is 0 Å². The van der Waals surface area contributed by atoms with Crippen molar-refractivity contribution in [3.8, 4) is 11.3 Å². The topological polar surface area (TPSA) is 53.4 Å². The molecule has 1 fully saturated rings. The lowest BCUT2D eigenvalue weighted by molar-refractivity contribution is 0.0702. The number of hydrogen-bond acceptors (Lipinski definition) is 5. The fraction of sp³-hybridized carbons (Fsp3) is 0.333. The summed E-state index contributed by atoms with van der Waals surface area (Å²) in [5.74, 6) is 1.34. The van der Waals surface area contributed by atoms with Crippen LogP contribution in [0.3, 0.4) is 0 Å². The number of anilines is 1. The number of rotatable bonds is 4. The van der Waals surface area contributed by atoms with Crippen LogP contribution in [-0.4, -0.2) is 40.7 Å². The molecule has 0 aliphatic carbocycles. The highest BCUT2D eigenvalue weighted by molar-refractivity contribution is 7.99. The highest BCUT2D eigenvalue weighted by atomic mass is 32.2. The average Bonchev–Trinajstić information content (AvgIpc) is 3.17. The van der Waals surface area contributed by atoms with Crippen molar-refractivity contribution in [1.82, 2.24) is 4.98 Å². The first kappa shape index (κ1) is 14.4. The minimum Gasteiger partial charge on any atom is -0.477 e. The van der Waals surface area contributed by atoms with Crippen LogP contribution in [0.15, 0.2) is 30.3 Å². The van der Waals surface area contributed by atoms with E-state index in [4.69, 9.17) is 0 Å². The number of hydrogen-bond donors (Lipinski definition) is 1. The van der Waals surface area contributed by atoms with Crippen LogP contribution in [0, 0.1) is 0 Å². The van der Waals surface area contributed by atoms with E-state index in [0.29, 0.717) is 16.6 Å². The van der Waals surface area contributed by atoms with Crippen molar-refractivity contribution in [3.63, 3.8) is 0 Å². The molecule has 0 saturated carbocycles. The zero-order chi connectivity index (χ0) is 14.8. The lowest BCUT2D eigenvalue weighted by Gasteiger charge is -2.22. The summed E-state index contributed by atoms with van der Waals surface area (Å²) in [5.41, 5.74) is 1.42. The van der Waals surface area contributed by atoms with Gasteiger partial charge in [-0.15, -0.1) is 0 Å². The number of carboxylic acid groups (broad SMARTS) is 1. The summed E-state index contributed by atoms with van der Waals surface area (Å²) in [7, 11) is 2.01. The second-order valence-corrected chi connectivity index (χ2v) is 7.10. The molecule has 110 valence electrons. The standard InChI is InChI=1S/C15H16N2O2S2/c1-17(11-7-8-20-9-11)15-16-12(13(21-15)14(18)19)10-5-3-2-4-6-10/h2-6,11H,7-9H2,1H3,(H,18,19). The highest BCUT2D eigenvalue weighted by Crippen LogP contribution is 2.35. The Morgan fingerprint density at radius 3 is 2.76 bits per heavy atom. The quantitative estimate of drug-likeness (QED) is 0.935. The van der Waals surface area contributed by atoms with Crippen LogP contribution in [0.1, 0.15) is 16.1 Å². The molecule has 0 amide bonds. The zero-order valence-electron chi connectivity index (χ0n) is 11.7. The van der Waals surface area contributed by atoms with E-state index in [1.807, 2.05) is 49.1 Å². The average molecular weight is 320 g/mol. The van der Waals surface area contributed by atoms with Gasteiger partial charge in [0, 0.05) is 24.4 Å². The molecule has 2 heterocycles. The van der Waals surface area contributed by atoms with Gasteiger partial charge in [0.1, 0.15) is 4.88 Å². The summed E-state index contributed by atoms with van der Waals surface area (Å²) < 4.78 is 0. The second kappa shape index (κ2) is 6.07. The van der Waals surface area contributed by atoms with Crippen molar-refractivity contribution in [2.45, 2.75) is 12.5 Å². The molecule has 1 saturated heterocycles. The number of benzene rings is 1. The third-order valence-corrected chi connectivity index (χ3v) is 5.89. The van der Waals surface area contributed by atoms with Gasteiger partial charge in [-0.25, -0.2) is 9.78 Å². The molecule has 1 aromatic carbocycles. The van der Waals surface area contributed by atoms with E-state index in [2.05, 4.69) is 9.88 Å². The molecule has 3 rings (SSSR count). The first-order valence-corrected chi connectivity index (χ1v) is 8.74. The predicted octanol–water partition coefficient (Wildman–Crippen LogP) is 3.45. The number of nitrogens with zero attached hydrogens (tertiary/aromatic N) is 2. The SMILES string of the molecule is CN(c1nc(-c2ccccc2)c(C(=O)O)s1)C1CCSC1. The van der Waals surface area contributed by atoms with E-state index in [1.54, 1.807) is 0 Å². The summed E-state index contributed by atoms with van der Waals surface area (Å²) in [6.07, 6.45) is 1.13. The van der Waals surface area contributed by atoms with Gasteiger partial charge in [0.15, 0.2) is 5.13 Å². The summed E-state index contributed by atoms with van der Waals surface area (Å²) in [5, 5.41) is 10.2. The molecule has 4 nitrogen and oxygen atoms in total. The molecular weight excluding hydrogens is 304 g/mol. The maximum Gasteiger partial charge on any atom is 0.348 e. The summed E-state index contributed by atoms with van der Waals surface area (Å²) in [4.78, 5) is 18.5. The molecule has 21 heavy (non-hydrogen) atoms. The molecule has 2 aromatic rings. The monoisotopic (exact) mass is 320 g/mol. The third kappa shape index (κ3) is 2.91. The lowest BCUT2D eigenvalue weighted by Crippen LogP contribution is -2.31. The molecule has 0 spiro atoms. The number of aromatic nitrogens is 1. The molecule has 6 heteroatoms. The van der Waals surface area contributed by atoms with E-state index >= 15 is 0 Å². The number of thiazole rings is 1. The number of carbonyl (C=O) groups is 1. The fourth-order valence-electron chi connectivity index (χ4n) is 2.38. The Kier molecular flexibility index (Phi) is 4.17. The minimum atomic E-state index is -0.910. The molecule has 1 atom stereocenters. The van der Waals surface area contributed by atoms with E-state index in [0.717, 1.165) is 28.6 Å². The van der Waals surface area contributed by atoms with Crippen molar-refractivity contribution in [2.24, 2.45) is 0 Å². The normalized spacial score (nSPS) is 17.9. The van der Waals surface area contributed by atoms with Crippen molar-refractivity contribution in [2.75, 3.05) is 23.5 Å². The van der Waals surface area contributed by atoms with E-state index in [-0.39, 0.29) is 0 Å². The van der Waals surface area contributed by atoms with Crippen LogP contribution in [0.25, 0.3) is 11.3 Å². The Balaban J connectivity index is 1.98. The summed E-state index contributed by atoms with van der Waals surface area (Å²) >= 11 is 3.20. The second-order valence-electron chi connectivity index (χ2n) is 4.97. The fourth-order valence-corrected chi connectivity index (χ4v) is 4.61. The maximum atomic E-state index is 11.5. The van der Waals surface area contributed by atoms with Gasteiger partial charge in [-0.2, -0.15) is 11.8 Å². The Labute approximate surface area is 131 Å². The molecule has 1 unspecified atom stereocenters. The summed E-state index contributed by atoms with van der Waals surface area (Å²) in [6, 6.07) is 9.97. The molecule has 1 N–H and O–H groups in total. The number of thioether (sulfide) groups is 1. The van der Waals surface area contributed by atoms with Crippen molar-refractivity contribution < 1.29 is 9.90 Å². The highest BCUT2D eigenvalue weighted by Gasteiger charge is 2.26. The molecule has 0 bridgehead atoms.